The maximum Gasteiger partial charge on any atom is 0.509 e. The zero-order chi connectivity index (χ0) is 12.5. The molecule has 1 fully saturated rings. The van der Waals surface area contributed by atoms with Crippen molar-refractivity contribution in [1.82, 2.24) is 4.90 Å². The van der Waals surface area contributed by atoms with E-state index in [9.17, 15) is 12.9 Å². The van der Waals surface area contributed by atoms with Gasteiger partial charge in [0, 0.05) is 12.6 Å². The lowest BCUT2D eigenvalue weighted by molar-refractivity contribution is 0.260. The molecular weight excluding hydrogens is 226 g/mol. The number of rotatable bonds is 3. The summed E-state index contributed by atoms with van der Waals surface area (Å²) in [4.78, 5) is 2.31. The van der Waals surface area contributed by atoms with Crippen molar-refractivity contribution in [2.24, 2.45) is 0 Å². The number of likely N-dealkylation sites (tertiary alicyclic amines) is 1. The highest BCUT2D eigenvalue weighted by Gasteiger charge is 2.25. The van der Waals surface area contributed by atoms with Gasteiger partial charge in [-0.2, -0.15) is 0 Å². The molecule has 0 radical (unpaired) electrons. The van der Waals surface area contributed by atoms with E-state index in [2.05, 4.69) is 11.8 Å². The second-order valence-electron chi connectivity index (χ2n) is 4.78. The van der Waals surface area contributed by atoms with Gasteiger partial charge in [0.25, 0.3) is 0 Å². The van der Waals surface area contributed by atoms with Crippen LogP contribution in [-0.2, 0) is 6.54 Å². The van der Waals surface area contributed by atoms with Crippen molar-refractivity contribution in [3.8, 4) is 0 Å². The van der Waals surface area contributed by atoms with Crippen molar-refractivity contribution in [2.75, 3.05) is 6.54 Å². The number of benzene rings is 1. The lowest BCUT2D eigenvalue weighted by Gasteiger charge is -2.21. The molecule has 0 aliphatic carbocycles. The van der Waals surface area contributed by atoms with E-state index in [0.717, 1.165) is 18.7 Å². The Morgan fingerprint density at radius 2 is 1.88 bits per heavy atom. The first-order valence-electron chi connectivity index (χ1n) is 5.99. The number of hydrogen-bond donors (Lipinski definition) is 0. The first-order valence-corrected chi connectivity index (χ1v) is 5.99. The Labute approximate surface area is 99.7 Å². The van der Waals surface area contributed by atoms with Crippen molar-refractivity contribution in [3.63, 3.8) is 0 Å². The standard InChI is InChI=1S/C12H16BF3N/c1-10-3-2-8-17(10)9-11-4-6-12(7-5-11)13(14,15)16/h4-7,10H,2-3,8-9H2,1H3/q-1. The van der Waals surface area contributed by atoms with Crippen molar-refractivity contribution in [3.05, 3.63) is 29.8 Å². The van der Waals surface area contributed by atoms with Crippen molar-refractivity contribution in [1.29, 1.82) is 0 Å². The summed E-state index contributed by atoms with van der Waals surface area (Å²) in [6.45, 7) is -0.892. The molecule has 1 aliphatic rings. The van der Waals surface area contributed by atoms with Crippen LogP contribution in [0.15, 0.2) is 24.3 Å². The average Bonchev–Trinajstić information content (AvgIpc) is 2.64. The minimum absolute atomic E-state index is 0.511. The Morgan fingerprint density at radius 1 is 1.24 bits per heavy atom. The third-order valence-corrected chi connectivity index (χ3v) is 3.43. The zero-order valence-electron chi connectivity index (χ0n) is 9.87. The molecule has 0 aromatic heterocycles. The van der Waals surface area contributed by atoms with Crippen LogP contribution in [0, 0.1) is 0 Å². The maximum atomic E-state index is 12.4. The predicted molar refractivity (Wildman–Crippen MR) is 64.3 cm³/mol. The van der Waals surface area contributed by atoms with Gasteiger partial charge in [-0.05, 0) is 31.9 Å². The van der Waals surface area contributed by atoms with E-state index >= 15 is 0 Å². The summed E-state index contributed by atoms with van der Waals surface area (Å²) < 4.78 is 37.3. The van der Waals surface area contributed by atoms with Crippen LogP contribution < -0.4 is 5.46 Å². The minimum atomic E-state index is -4.86. The molecule has 1 saturated heterocycles. The molecule has 0 bridgehead atoms. The van der Waals surface area contributed by atoms with E-state index in [1.807, 2.05) is 0 Å². The summed E-state index contributed by atoms with van der Waals surface area (Å²) in [6, 6.07) is 6.11. The van der Waals surface area contributed by atoms with Crippen LogP contribution in [0.4, 0.5) is 12.9 Å². The summed E-state index contributed by atoms with van der Waals surface area (Å²) in [7, 11) is 0. The van der Waals surface area contributed by atoms with Crippen LogP contribution in [0.5, 0.6) is 0 Å². The van der Waals surface area contributed by atoms with Gasteiger partial charge in [-0.25, -0.2) is 0 Å². The Balaban J connectivity index is 2.03. The summed E-state index contributed by atoms with van der Waals surface area (Å²) in [6.07, 6.45) is 2.37. The largest absolute Gasteiger partial charge is 0.509 e. The molecule has 1 aromatic carbocycles. The van der Waals surface area contributed by atoms with Crippen molar-refractivity contribution < 1.29 is 12.9 Å². The summed E-state index contributed by atoms with van der Waals surface area (Å²) in [5.74, 6) is 0. The zero-order valence-corrected chi connectivity index (χ0v) is 9.87. The van der Waals surface area contributed by atoms with Gasteiger partial charge in [0.05, 0.1) is 0 Å². The molecule has 1 aromatic rings. The molecule has 1 nitrogen and oxygen atoms in total. The Kier molecular flexibility index (Phi) is 3.47. The SMILES string of the molecule is CC1CCCN1Cc1ccc([B-](F)(F)F)cc1. The van der Waals surface area contributed by atoms with Crippen LogP contribution >= 0.6 is 0 Å². The van der Waals surface area contributed by atoms with Gasteiger partial charge >= 0.3 is 6.98 Å². The van der Waals surface area contributed by atoms with Crippen LogP contribution in [0.25, 0.3) is 0 Å². The van der Waals surface area contributed by atoms with E-state index in [0.29, 0.717) is 6.04 Å². The third-order valence-electron chi connectivity index (χ3n) is 3.43. The second kappa shape index (κ2) is 4.73. The Hall–Kier alpha value is -0.965. The molecule has 5 heteroatoms. The minimum Gasteiger partial charge on any atom is -0.445 e. The van der Waals surface area contributed by atoms with Gasteiger partial charge in [0.1, 0.15) is 0 Å². The smallest absolute Gasteiger partial charge is 0.445 e. The third kappa shape index (κ3) is 3.03. The van der Waals surface area contributed by atoms with Gasteiger partial charge in [0.2, 0.25) is 0 Å². The molecule has 1 heterocycles. The molecule has 17 heavy (non-hydrogen) atoms. The number of hydrogen-bond acceptors (Lipinski definition) is 1. The van der Waals surface area contributed by atoms with Crippen LogP contribution in [-0.4, -0.2) is 24.5 Å². The molecule has 0 spiro atoms. The van der Waals surface area contributed by atoms with Crippen molar-refractivity contribution in [2.45, 2.75) is 32.4 Å². The van der Waals surface area contributed by atoms with Gasteiger partial charge in [-0.15, -0.1) is 5.46 Å². The fraction of sp³-hybridized carbons (Fsp3) is 0.500. The van der Waals surface area contributed by atoms with E-state index in [4.69, 9.17) is 0 Å². The average molecular weight is 242 g/mol. The Bertz CT molecular complexity index is 374. The summed E-state index contributed by atoms with van der Waals surface area (Å²) in [5.41, 5.74) is 0.450. The molecule has 94 valence electrons. The molecule has 2 rings (SSSR count). The van der Waals surface area contributed by atoms with E-state index in [-0.39, 0.29) is 0 Å². The van der Waals surface area contributed by atoms with Crippen LogP contribution in [0.1, 0.15) is 25.3 Å². The van der Waals surface area contributed by atoms with Crippen LogP contribution in [0.3, 0.4) is 0 Å². The normalized spacial score (nSPS) is 22.0. The monoisotopic (exact) mass is 242 g/mol. The lowest BCUT2D eigenvalue weighted by Crippen LogP contribution is -2.34. The first-order chi connectivity index (χ1) is 7.97. The number of halogens is 3. The van der Waals surface area contributed by atoms with Gasteiger partial charge in [0.15, 0.2) is 0 Å². The van der Waals surface area contributed by atoms with Gasteiger partial charge in [-0.3, -0.25) is 4.90 Å². The van der Waals surface area contributed by atoms with Crippen LogP contribution in [0.2, 0.25) is 0 Å². The lowest BCUT2D eigenvalue weighted by atomic mass is 9.80. The molecule has 1 atom stereocenters. The summed E-state index contributed by atoms with van der Waals surface area (Å²) >= 11 is 0. The maximum absolute atomic E-state index is 12.4. The molecule has 0 amide bonds. The predicted octanol–water partition coefficient (Wildman–Crippen LogP) is 2.73. The highest BCUT2D eigenvalue weighted by atomic mass is 19.4. The topological polar surface area (TPSA) is 3.24 Å². The molecule has 0 saturated carbocycles. The Morgan fingerprint density at radius 3 is 2.35 bits per heavy atom. The van der Waals surface area contributed by atoms with E-state index in [1.165, 1.54) is 25.0 Å². The fourth-order valence-electron chi connectivity index (χ4n) is 2.30. The second-order valence-corrected chi connectivity index (χ2v) is 4.78. The first kappa shape index (κ1) is 12.5. The summed E-state index contributed by atoms with van der Waals surface area (Å²) in [5, 5.41) is 0. The molecular formula is C12H16BF3N-. The molecule has 1 aliphatic heterocycles. The van der Waals surface area contributed by atoms with Crippen molar-refractivity contribution >= 4 is 12.4 Å². The number of nitrogens with zero attached hydrogens (tertiary/aromatic N) is 1. The van der Waals surface area contributed by atoms with E-state index in [1.54, 1.807) is 12.1 Å². The molecule has 0 N–H and O–H groups in total. The molecule has 1 unspecified atom stereocenters. The highest BCUT2D eigenvalue weighted by Crippen LogP contribution is 2.19. The van der Waals surface area contributed by atoms with Gasteiger partial charge in [-0.1, -0.05) is 24.3 Å². The van der Waals surface area contributed by atoms with Gasteiger partial charge < -0.3 is 12.9 Å². The van der Waals surface area contributed by atoms with E-state index < -0.39 is 12.4 Å². The fourth-order valence-corrected chi connectivity index (χ4v) is 2.30. The quantitative estimate of drug-likeness (QED) is 0.736. The highest BCUT2D eigenvalue weighted by molar-refractivity contribution is 6.73.